The summed E-state index contributed by atoms with van der Waals surface area (Å²) in [5.41, 5.74) is 0.0628. The second kappa shape index (κ2) is 8.90. The van der Waals surface area contributed by atoms with Crippen LogP contribution in [0.5, 0.6) is 0 Å². The zero-order valence-electron chi connectivity index (χ0n) is 20.8. The fraction of sp³-hybridized carbons (Fsp3) is 0.577. The largest absolute Gasteiger partial charge is 0.443 e. The van der Waals surface area contributed by atoms with Gasteiger partial charge in [-0.15, -0.1) is 0 Å². The maximum atomic E-state index is 13.2. The van der Waals surface area contributed by atoms with Gasteiger partial charge < -0.3 is 9.64 Å². The molecule has 3 fully saturated rings. The van der Waals surface area contributed by atoms with E-state index in [1.54, 1.807) is 4.90 Å². The molecule has 2 atom stereocenters. The van der Waals surface area contributed by atoms with Crippen molar-refractivity contribution in [1.29, 1.82) is 0 Å². The van der Waals surface area contributed by atoms with E-state index in [2.05, 4.69) is 39.1 Å². The van der Waals surface area contributed by atoms with Crippen molar-refractivity contribution in [3.8, 4) is 0 Å². The van der Waals surface area contributed by atoms with E-state index in [4.69, 9.17) is 4.74 Å². The minimum Gasteiger partial charge on any atom is -0.443 e. The molecule has 5 rings (SSSR count). The zero-order valence-corrected chi connectivity index (χ0v) is 20.8. The molecule has 1 saturated carbocycles. The lowest BCUT2D eigenvalue weighted by Gasteiger charge is -2.63. The fourth-order valence-electron chi connectivity index (χ4n) is 6.45. The number of nitrogens with zero attached hydrogens (tertiary/aromatic N) is 5. The van der Waals surface area contributed by atoms with Gasteiger partial charge in [0, 0.05) is 38.1 Å². The van der Waals surface area contributed by atoms with Crippen LogP contribution in [0.15, 0.2) is 42.7 Å². The van der Waals surface area contributed by atoms with Gasteiger partial charge in [-0.2, -0.15) is 13.2 Å². The van der Waals surface area contributed by atoms with Crippen molar-refractivity contribution < 1.29 is 22.7 Å². The first-order valence-corrected chi connectivity index (χ1v) is 12.4. The number of amides is 1. The van der Waals surface area contributed by atoms with Crippen molar-refractivity contribution >= 4 is 11.9 Å². The van der Waals surface area contributed by atoms with Gasteiger partial charge in [-0.1, -0.05) is 30.3 Å². The molecule has 10 heteroatoms. The molecule has 1 amide bonds. The third kappa shape index (κ3) is 4.87. The van der Waals surface area contributed by atoms with E-state index < -0.39 is 17.5 Å². The van der Waals surface area contributed by atoms with Gasteiger partial charge in [0.25, 0.3) is 0 Å². The number of carbonyl (C=O) groups is 1. The standard InChI is InChI=1S/C26H32F3N5O2/c1-18-11-33(22-10-30-21(9-31-22)26(27,28)29)12-19(2)34(18)23(35)36-24(3)14-25(15-24)16-32(17-25)13-20-7-5-4-6-8-20/h4-10,18-19H,11-17H2,1-3H3/t18-,19+. The normalized spacial score (nSPS) is 25.3. The summed E-state index contributed by atoms with van der Waals surface area (Å²) in [5, 5.41) is 0. The number of alkyl halides is 3. The Morgan fingerprint density at radius 2 is 1.69 bits per heavy atom. The first kappa shape index (κ1) is 24.8. The molecule has 2 aliphatic heterocycles. The predicted octanol–water partition coefficient (Wildman–Crippen LogP) is 4.59. The van der Waals surface area contributed by atoms with Gasteiger partial charge >= 0.3 is 12.3 Å². The summed E-state index contributed by atoms with van der Waals surface area (Å²) in [6, 6.07) is 10.1. The summed E-state index contributed by atoms with van der Waals surface area (Å²) in [5.74, 6) is 0.368. The van der Waals surface area contributed by atoms with Crippen LogP contribution in [0.4, 0.5) is 23.8 Å². The Bertz CT molecular complexity index is 1070. The minimum absolute atomic E-state index is 0.187. The molecular weight excluding hydrogens is 471 g/mol. The van der Waals surface area contributed by atoms with E-state index in [1.807, 2.05) is 31.7 Å². The first-order valence-electron chi connectivity index (χ1n) is 12.4. The molecule has 2 aromatic rings. The fourth-order valence-corrected chi connectivity index (χ4v) is 6.45. The van der Waals surface area contributed by atoms with E-state index >= 15 is 0 Å². The smallest absolute Gasteiger partial charge is 0.434 e. The summed E-state index contributed by atoms with van der Waals surface area (Å²) in [6.07, 6.45) is -1.23. The van der Waals surface area contributed by atoms with Crippen LogP contribution in [-0.4, -0.2) is 69.7 Å². The topological polar surface area (TPSA) is 61.8 Å². The molecule has 2 saturated heterocycles. The summed E-state index contributed by atoms with van der Waals surface area (Å²) < 4.78 is 44.4. The van der Waals surface area contributed by atoms with Crippen LogP contribution in [0.25, 0.3) is 0 Å². The average Bonchev–Trinajstić information content (AvgIpc) is 2.76. The molecule has 0 bridgehead atoms. The molecule has 0 unspecified atom stereocenters. The quantitative estimate of drug-likeness (QED) is 0.609. The Morgan fingerprint density at radius 1 is 1.06 bits per heavy atom. The number of piperazine rings is 1. The molecule has 194 valence electrons. The Labute approximate surface area is 209 Å². The monoisotopic (exact) mass is 503 g/mol. The van der Waals surface area contributed by atoms with Crippen molar-refractivity contribution in [2.45, 2.75) is 64.0 Å². The zero-order chi connectivity index (χ0) is 25.7. The lowest BCUT2D eigenvalue weighted by atomic mass is 9.55. The number of hydrogen-bond acceptors (Lipinski definition) is 6. The second-order valence-corrected chi connectivity index (χ2v) is 11.1. The van der Waals surface area contributed by atoms with Crippen LogP contribution < -0.4 is 4.90 Å². The van der Waals surface area contributed by atoms with Gasteiger partial charge in [-0.25, -0.2) is 14.8 Å². The van der Waals surface area contributed by atoms with Crippen LogP contribution >= 0.6 is 0 Å². The minimum atomic E-state index is -4.52. The number of benzene rings is 1. The summed E-state index contributed by atoms with van der Waals surface area (Å²) in [4.78, 5) is 26.7. The number of hydrogen-bond donors (Lipinski definition) is 0. The third-order valence-corrected chi connectivity index (χ3v) is 7.58. The predicted molar refractivity (Wildman–Crippen MR) is 128 cm³/mol. The molecular formula is C26H32F3N5O2. The van der Waals surface area contributed by atoms with Crippen LogP contribution in [0.3, 0.4) is 0 Å². The second-order valence-electron chi connectivity index (χ2n) is 11.1. The van der Waals surface area contributed by atoms with Crippen LogP contribution in [0.2, 0.25) is 0 Å². The SMILES string of the molecule is C[C@@H]1CN(c2cnc(C(F)(F)F)cn2)C[C@H](C)N1C(=O)OC1(C)CC2(CN(Cc3ccccc3)C2)C1. The van der Waals surface area contributed by atoms with E-state index in [9.17, 15) is 18.0 Å². The van der Waals surface area contributed by atoms with Crippen molar-refractivity contribution in [2.24, 2.45) is 5.41 Å². The Hall–Kier alpha value is -2.88. The molecule has 1 aromatic heterocycles. The number of likely N-dealkylation sites (tertiary alicyclic amines) is 1. The lowest BCUT2D eigenvalue weighted by molar-refractivity contribution is -0.187. The van der Waals surface area contributed by atoms with Crippen molar-refractivity contribution in [2.75, 3.05) is 31.1 Å². The van der Waals surface area contributed by atoms with Crippen LogP contribution in [-0.2, 0) is 17.5 Å². The lowest BCUT2D eigenvalue weighted by Crippen LogP contribution is -2.68. The molecule has 1 aliphatic carbocycles. The summed E-state index contributed by atoms with van der Waals surface area (Å²) in [6.45, 7) is 9.71. The molecule has 1 aromatic carbocycles. The first-order chi connectivity index (χ1) is 17.0. The summed E-state index contributed by atoms with van der Waals surface area (Å²) in [7, 11) is 0. The Balaban J connectivity index is 1.13. The summed E-state index contributed by atoms with van der Waals surface area (Å²) >= 11 is 0. The highest BCUT2D eigenvalue weighted by Gasteiger charge is 2.60. The third-order valence-electron chi connectivity index (χ3n) is 7.58. The van der Waals surface area contributed by atoms with Gasteiger partial charge in [0.05, 0.1) is 24.5 Å². The molecule has 7 nitrogen and oxygen atoms in total. The number of carbonyl (C=O) groups excluding carboxylic acids is 1. The van der Waals surface area contributed by atoms with Gasteiger partial charge in [0.2, 0.25) is 0 Å². The molecule has 3 aliphatic rings. The van der Waals surface area contributed by atoms with Crippen molar-refractivity contribution in [1.82, 2.24) is 19.8 Å². The van der Waals surface area contributed by atoms with Gasteiger partial charge in [0.15, 0.2) is 5.69 Å². The number of anilines is 1. The van der Waals surface area contributed by atoms with Crippen molar-refractivity contribution in [3.05, 3.63) is 54.0 Å². The van der Waals surface area contributed by atoms with E-state index in [-0.39, 0.29) is 23.6 Å². The van der Waals surface area contributed by atoms with Gasteiger partial charge in [-0.05, 0) is 39.2 Å². The molecule has 1 spiro atoms. The Morgan fingerprint density at radius 3 is 2.25 bits per heavy atom. The van der Waals surface area contributed by atoms with Crippen LogP contribution in [0, 0.1) is 5.41 Å². The Kier molecular flexibility index (Phi) is 6.13. The number of ether oxygens (including phenoxy) is 1. The van der Waals surface area contributed by atoms with E-state index in [1.165, 1.54) is 5.56 Å². The maximum absolute atomic E-state index is 13.2. The highest BCUT2D eigenvalue weighted by molar-refractivity contribution is 5.70. The van der Waals surface area contributed by atoms with E-state index in [0.29, 0.717) is 18.9 Å². The van der Waals surface area contributed by atoms with Gasteiger partial charge in [-0.3, -0.25) is 9.80 Å². The number of rotatable bonds is 4. The van der Waals surface area contributed by atoms with E-state index in [0.717, 1.165) is 44.9 Å². The highest BCUT2D eigenvalue weighted by atomic mass is 19.4. The molecule has 36 heavy (non-hydrogen) atoms. The molecule has 3 heterocycles. The van der Waals surface area contributed by atoms with Crippen molar-refractivity contribution in [3.63, 3.8) is 0 Å². The van der Waals surface area contributed by atoms with Gasteiger partial charge in [0.1, 0.15) is 11.4 Å². The average molecular weight is 504 g/mol. The molecule has 0 N–H and O–H groups in total. The highest BCUT2D eigenvalue weighted by Crippen LogP contribution is 2.56. The number of halogens is 3. The number of aromatic nitrogens is 2. The maximum Gasteiger partial charge on any atom is 0.434 e. The molecule has 0 radical (unpaired) electrons. The van der Waals surface area contributed by atoms with Crippen LogP contribution in [0.1, 0.15) is 44.9 Å².